The first-order chi connectivity index (χ1) is 9.43. The van der Waals surface area contributed by atoms with Crippen molar-refractivity contribution >= 4 is 0 Å². The highest BCUT2D eigenvalue weighted by molar-refractivity contribution is 5.24. The Hall–Kier alpha value is -1.01. The highest BCUT2D eigenvalue weighted by Gasteiger charge is 2.33. The molecule has 1 aliphatic rings. The molecule has 0 spiro atoms. The summed E-state index contributed by atoms with van der Waals surface area (Å²) in [4.78, 5) is 2.12. The molecule has 0 radical (unpaired) electrons. The molecule has 1 saturated heterocycles. The predicted molar refractivity (Wildman–Crippen MR) is 75.6 cm³/mol. The minimum Gasteiger partial charge on any atom is -0.394 e. The minimum absolute atomic E-state index is 0.0193. The van der Waals surface area contributed by atoms with Crippen LogP contribution in [0.1, 0.15) is 25.0 Å². The molecule has 0 amide bonds. The third kappa shape index (κ3) is 3.76. The van der Waals surface area contributed by atoms with Gasteiger partial charge in [0.2, 0.25) is 0 Å². The molecule has 5 heteroatoms. The summed E-state index contributed by atoms with van der Waals surface area (Å²) in [6.07, 6.45) is -0.217. The molecule has 1 atom stereocenters. The van der Waals surface area contributed by atoms with Gasteiger partial charge < -0.3 is 15.6 Å². The second-order valence-electron chi connectivity index (χ2n) is 5.98. The highest BCUT2D eigenvalue weighted by atomic mass is 19.1. The number of aliphatic hydroxyl groups excluding tert-OH is 1. The lowest BCUT2D eigenvalue weighted by Crippen LogP contribution is -2.53. The second kappa shape index (κ2) is 6.18. The van der Waals surface area contributed by atoms with Gasteiger partial charge in [0.05, 0.1) is 18.3 Å². The molecule has 1 unspecified atom stereocenters. The molecular formula is C15H23FN2O2. The van der Waals surface area contributed by atoms with Crippen molar-refractivity contribution in [3.05, 3.63) is 35.1 Å². The van der Waals surface area contributed by atoms with Crippen LogP contribution < -0.4 is 5.73 Å². The largest absolute Gasteiger partial charge is 0.394 e. The van der Waals surface area contributed by atoms with E-state index in [2.05, 4.69) is 4.90 Å². The van der Waals surface area contributed by atoms with E-state index in [0.717, 1.165) is 5.56 Å². The fourth-order valence-electron chi connectivity index (χ4n) is 2.72. The van der Waals surface area contributed by atoms with E-state index >= 15 is 0 Å². The molecule has 20 heavy (non-hydrogen) atoms. The van der Waals surface area contributed by atoms with Crippen molar-refractivity contribution in [2.45, 2.75) is 38.6 Å². The number of nitrogens with zero attached hydrogens (tertiary/aromatic N) is 1. The Balaban J connectivity index is 2.09. The molecule has 1 fully saturated rings. The van der Waals surface area contributed by atoms with E-state index in [0.29, 0.717) is 31.7 Å². The molecule has 0 bridgehead atoms. The van der Waals surface area contributed by atoms with Crippen molar-refractivity contribution in [3.63, 3.8) is 0 Å². The number of aliphatic hydroxyl groups is 1. The third-order valence-corrected chi connectivity index (χ3v) is 3.50. The van der Waals surface area contributed by atoms with Crippen LogP contribution in [0.5, 0.6) is 0 Å². The number of hydrogen-bond acceptors (Lipinski definition) is 4. The number of nitrogens with two attached hydrogens (primary N) is 1. The maximum atomic E-state index is 14.0. The van der Waals surface area contributed by atoms with Crippen LogP contribution in [0.25, 0.3) is 0 Å². The molecule has 0 saturated carbocycles. The number of benzene rings is 1. The summed E-state index contributed by atoms with van der Waals surface area (Å²) in [6.45, 7) is 6.12. The van der Waals surface area contributed by atoms with E-state index in [1.54, 1.807) is 6.07 Å². The lowest BCUT2D eigenvalue weighted by molar-refractivity contribution is -0.150. The van der Waals surface area contributed by atoms with Crippen LogP contribution in [0.4, 0.5) is 4.39 Å². The van der Waals surface area contributed by atoms with Crippen LogP contribution in [0.2, 0.25) is 0 Å². The zero-order valence-corrected chi connectivity index (χ0v) is 12.1. The Bertz CT molecular complexity index is 465. The smallest absolute Gasteiger partial charge is 0.128 e. The molecule has 1 aromatic rings. The first kappa shape index (κ1) is 15.4. The number of hydrogen-bond donors (Lipinski definition) is 2. The van der Waals surface area contributed by atoms with E-state index in [4.69, 9.17) is 10.5 Å². The van der Waals surface area contributed by atoms with Gasteiger partial charge in [-0.15, -0.1) is 0 Å². The molecule has 4 nitrogen and oxygen atoms in total. The highest BCUT2D eigenvalue weighted by Crippen LogP contribution is 2.23. The average Bonchev–Trinajstić information content (AvgIpc) is 2.39. The fourth-order valence-corrected chi connectivity index (χ4v) is 2.72. The number of halogens is 1. The van der Waals surface area contributed by atoms with Crippen molar-refractivity contribution < 1.29 is 14.2 Å². The predicted octanol–water partition coefficient (Wildman–Crippen LogP) is 1.26. The maximum absolute atomic E-state index is 14.0. The summed E-state index contributed by atoms with van der Waals surface area (Å²) in [7, 11) is 0. The Morgan fingerprint density at radius 1 is 1.50 bits per heavy atom. The third-order valence-electron chi connectivity index (χ3n) is 3.50. The van der Waals surface area contributed by atoms with Crippen LogP contribution in [-0.2, 0) is 17.8 Å². The molecule has 0 aromatic heterocycles. The topological polar surface area (TPSA) is 58.7 Å². The van der Waals surface area contributed by atoms with E-state index in [1.165, 1.54) is 6.07 Å². The first-order valence-electron chi connectivity index (χ1n) is 6.92. The van der Waals surface area contributed by atoms with Crippen LogP contribution in [0.3, 0.4) is 0 Å². The Morgan fingerprint density at radius 2 is 2.25 bits per heavy atom. The summed E-state index contributed by atoms with van der Waals surface area (Å²) >= 11 is 0. The first-order valence-corrected chi connectivity index (χ1v) is 6.92. The number of morpholine rings is 1. The van der Waals surface area contributed by atoms with Gasteiger partial charge in [-0.25, -0.2) is 4.39 Å². The lowest BCUT2D eigenvalue weighted by Gasteiger charge is -2.42. The molecule has 1 aliphatic heterocycles. The van der Waals surface area contributed by atoms with Gasteiger partial charge in [-0.05, 0) is 25.5 Å². The van der Waals surface area contributed by atoms with Crippen molar-refractivity contribution in [2.24, 2.45) is 5.73 Å². The van der Waals surface area contributed by atoms with E-state index in [9.17, 15) is 9.50 Å². The zero-order chi connectivity index (χ0) is 14.8. The normalized spacial score (nSPS) is 22.9. The monoisotopic (exact) mass is 282 g/mol. The van der Waals surface area contributed by atoms with Crippen LogP contribution in [0.15, 0.2) is 18.2 Å². The molecule has 112 valence electrons. The molecule has 0 aliphatic carbocycles. The number of rotatable bonds is 4. The zero-order valence-electron chi connectivity index (χ0n) is 12.1. The Labute approximate surface area is 119 Å². The summed E-state index contributed by atoms with van der Waals surface area (Å²) in [5.41, 5.74) is 6.61. The Morgan fingerprint density at radius 3 is 2.85 bits per heavy atom. The van der Waals surface area contributed by atoms with Crippen molar-refractivity contribution in [1.29, 1.82) is 0 Å². The fraction of sp³-hybridized carbons (Fsp3) is 0.600. The minimum atomic E-state index is -0.334. The van der Waals surface area contributed by atoms with Gasteiger partial charge in [0, 0.05) is 31.7 Å². The van der Waals surface area contributed by atoms with E-state index in [1.807, 2.05) is 19.9 Å². The van der Waals surface area contributed by atoms with Gasteiger partial charge in [0.15, 0.2) is 0 Å². The van der Waals surface area contributed by atoms with Gasteiger partial charge in [-0.2, -0.15) is 0 Å². The molecular weight excluding hydrogens is 259 g/mol. The Kier molecular flexibility index (Phi) is 4.75. The van der Waals surface area contributed by atoms with Crippen molar-refractivity contribution in [2.75, 3.05) is 19.7 Å². The standard InChI is InChI=1S/C15H23FN2O2/c1-15(2)10-18(8-13(9-19)20-15)7-12-4-3-11(6-17)5-14(12)16/h3-5,13,19H,6-10,17H2,1-2H3. The van der Waals surface area contributed by atoms with Crippen molar-refractivity contribution in [3.8, 4) is 0 Å². The summed E-state index contributed by atoms with van der Waals surface area (Å²) in [6, 6.07) is 5.13. The lowest BCUT2D eigenvalue weighted by atomic mass is 10.0. The van der Waals surface area contributed by atoms with Gasteiger partial charge in [-0.3, -0.25) is 4.90 Å². The summed E-state index contributed by atoms with van der Waals surface area (Å²) in [5, 5.41) is 9.29. The summed E-state index contributed by atoms with van der Waals surface area (Å²) < 4.78 is 19.8. The SMILES string of the molecule is CC1(C)CN(Cc2ccc(CN)cc2F)CC(CO)O1. The molecule has 1 aromatic carbocycles. The van der Waals surface area contributed by atoms with Crippen LogP contribution >= 0.6 is 0 Å². The van der Waals surface area contributed by atoms with Gasteiger partial charge >= 0.3 is 0 Å². The molecule has 1 heterocycles. The van der Waals surface area contributed by atoms with E-state index < -0.39 is 0 Å². The molecule has 3 N–H and O–H groups in total. The van der Waals surface area contributed by atoms with E-state index in [-0.39, 0.29) is 24.1 Å². The van der Waals surface area contributed by atoms with Crippen molar-refractivity contribution in [1.82, 2.24) is 4.90 Å². The average molecular weight is 282 g/mol. The molecule has 2 rings (SSSR count). The van der Waals surface area contributed by atoms with Crippen LogP contribution in [-0.4, -0.2) is 41.4 Å². The maximum Gasteiger partial charge on any atom is 0.128 e. The second-order valence-corrected chi connectivity index (χ2v) is 5.98. The van der Waals surface area contributed by atoms with Gasteiger partial charge in [-0.1, -0.05) is 12.1 Å². The summed E-state index contributed by atoms with van der Waals surface area (Å²) in [5.74, 6) is -0.224. The quantitative estimate of drug-likeness (QED) is 0.873. The van der Waals surface area contributed by atoms with Gasteiger partial charge in [0.1, 0.15) is 5.82 Å². The number of ether oxygens (including phenoxy) is 1. The van der Waals surface area contributed by atoms with Gasteiger partial charge in [0.25, 0.3) is 0 Å². The van der Waals surface area contributed by atoms with Crippen LogP contribution in [0, 0.1) is 5.82 Å².